The van der Waals surface area contributed by atoms with Crippen LogP contribution in [0.25, 0.3) is 0 Å². The van der Waals surface area contributed by atoms with E-state index in [0.717, 1.165) is 5.75 Å². The van der Waals surface area contributed by atoms with Crippen molar-refractivity contribution in [1.82, 2.24) is 5.32 Å². The molecule has 0 heterocycles. The van der Waals surface area contributed by atoms with Gasteiger partial charge >= 0.3 is 0 Å². The van der Waals surface area contributed by atoms with Gasteiger partial charge in [0, 0.05) is 17.4 Å². The second-order valence-electron chi connectivity index (χ2n) is 4.59. The Labute approximate surface area is 113 Å². The molecular weight excluding hydrogens is 246 g/mol. The largest absolute Gasteiger partial charge is 0.393 e. The minimum Gasteiger partial charge on any atom is -0.393 e. The number of hydrogen-bond donors (Lipinski definition) is 2. The molecule has 0 spiro atoms. The fourth-order valence-electron chi connectivity index (χ4n) is 1.80. The summed E-state index contributed by atoms with van der Waals surface area (Å²) in [5, 5.41) is 12.1. The molecule has 0 saturated heterocycles. The first-order valence-corrected chi connectivity index (χ1v) is 7.49. The van der Waals surface area contributed by atoms with E-state index in [2.05, 4.69) is 11.6 Å². The number of carbonyl (C=O) groups excluding carboxylic acids is 1. The third-order valence-corrected chi connectivity index (χ3v) is 3.22. The van der Waals surface area contributed by atoms with Crippen LogP contribution in [-0.4, -0.2) is 29.4 Å². The maximum atomic E-state index is 11.9. The van der Waals surface area contributed by atoms with Crippen molar-refractivity contribution in [3.8, 4) is 0 Å². The second-order valence-corrected chi connectivity index (χ2v) is 5.46. The van der Waals surface area contributed by atoms with E-state index in [-0.39, 0.29) is 11.9 Å². The van der Waals surface area contributed by atoms with E-state index >= 15 is 0 Å². The Morgan fingerprint density at radius 2 is 1.94 bits per heavy atom. The summed E-state index contributed by atoms with van der Waals surface area (Å²) in [5.41, 5.74) is 1.88. The second kappa shape index (κ2) is 7.44. The zero-order valence-corrected chi connectivity index (χ0v) is 12.0. The number of amides is 1. The average Bonchev–Trinajstić information content (AvgIpc) is 2.29. The van der Waals surface area contributed by atoms with Crippen LogP contribution < -0.4 is 5.32 Å². The van der Waals surface area contributed by atoms with Gasteiger partial charge in [-0.2, -0.15) is 11.8 Å². The Kier molecular flexibility index (Phi) is 6.22. The molecule has 18 heavy (non-hydrogen) atoms. The summed E-state index contributed by atoms with van der Waals surface area (Å²) in [7, 11) is 0. The molecule has 0 fully saturated rings. The predicted octanol–water partition coefficient (Wildman–Crippen LogP) is 2.44. The summed E-state index contributed by atoms with van der Waals surface area (Å²) < 4.78 is 0. The Bertz CT molecular complexity index is 376. The molecule has 0 aliphatic carbocycles. The Morgan fingerprint density at radius 3 is 2.44 bits per heavy atom. The summed E-state index contributed by atoms with van der Waals surface area (Å²) in [4.78, 5) is 11.9. The van der Waals surface area contributed by atoms with Crippen LogP contribution in [-0.2, 0) is 5.75 Å². The monoisotopic (exact) mass is 267 g/mol. The third-order valence-electron chi connectivity index (χ3n) is 2.60. The SMILES string of the molecule is CSCc1ccc(C(=O)NC(C)CC(C)O)cc1. The summed E-state index contributed by atoms with van der Waals surface area (Å²) in [6.45, 7) is 3.62. The van der Waals surface area contributed by atoms with Crippen LogP contribution in [0.4, 0.5) is 0 Å². The Morgan fingerprint density at radius 1 is 1.33 bits per heavy atom. The lowest BCUT2D eigenvalue weighted by atomic mass is 10.1. The fraction of sp³-hybridized carbons (Fsp3) is 0.500. The number of hydrogen-bond acceptors (Lipinski definition) is 3. The highest BCUT2D eigenvalue weighted by atomic mass is 32.2. The number of benzene rings is 1. The van der Waals surface area contributed by atoms with E-state index in [0.29, 0.717) is 12.0 Å². The van der Waals surface area contributed by atoms with Gasteiger partial charge in [0.1, 0.15) is 0 Å². The van der Waals surface area contributed by atoms with Gasteiger partial charge in [0.05, 0.1) is 6.10 Å². The molecule has 2 atom stereocenters. The fourth-order valence-corrected chi connectivity index (χ4v) is 2.32. The van der Waals surface area contributed by atoms with E-state index in [4.69, 9.17) is 0 Å². The molecular formula is C14H21NO2S. The van der Waals surface area contributed by atoms with Crippen LogP contribution in [0, 0.1) is 0 Å². The molecule has 1 aromatic rings. The van der Waals surface area contributed by atoms with Gasteiger partial charge in [-0.05, 0) is 44.2 Å². The van der Waals surface area contributed by atoms with Crippen molar-refractivity contribution in [2.45, 2.75) is 38.2 Å². The van der Waals surface area contributed by atoms with Crippen molar-refractivity contribution in [3.05, 3.63) is 35.4 Å². The zero-order chi connectivity index (χ0) is 13.5. The molecule has 0 aromatic heterocycles. The molecule has 2 N–H and O–H groups in total. The zero-order valence-electron chi connectivity index (χ0n) is 11.1. The van der Waals surface area contributed by atoms with E-state index in [1.165, 1.54) is 5.56 Å². The third kappa shape index (κ3) is 5.10. The molecule has 1 rings (SSSR count). The van der Waals surface area contributed by atoms with Crippen LogP contribution >= 0.6 is 11.8 Å². The minimum atomic E-state index is -0.399. The highest BCUT2D eigenvalue weighted by Gasteiger charge is 2.11. The lowest BCUT2D eigenvalue weighted by Gasteiger charge is -2.15. The van der Waals surface area contributed by atoms with Crippen molar-refractivity contribution < 1.29 is 9.90 Å². The van der Waals surface area contributed by atoms with Crippen LogP contribution in [0.15, 0.2) is 24.3 Å². The van der Waals surface area contributed by atoms with Gasteiger partial charge in [0.2, 0.25) is 0 Å². The van der Waals surface area contributed by atoms with Crippen molar-refractivity contribution in [2.24, 2.45) is 0 Å². The summed E-state index contributed by atoms with van der Waals surface area (Å²) in [6, 6.07) is 7.62. The van der Waals surface area contributed by atoms with E-state index in [1.807, 2.05) is 31.2 Å². The van der Waals surface area contributed by atoms with Crippen LogP contribution in [0.5, 0.6) is 0 Å². The molecule has 1 amide bonds. The number of aliphatic hydroxyl groups is 1. The van der Waals surface area contributed by atoms with Gasteiger partial charge in [-0.3, -0.25) is 4.79 Å². The number of nitrogens with one attached hydrogen (secondary N) is 1. The highest BCUT2D eigenvalue weighted by Crippen LogP contribution is 2.11. The van der Waals surface area contributed by atoms with Crippen LogP contribution in [0.2, 0.25) is 0 Å². The van der Waals surface area contributed by atoms with Crippen LogP contribution in [0.1, 0.15) is 36.2 Å². The normalized spacial score (nSPS) is 14.0. The topological polar surface area (TPSA) is 49.3 Å². The molecule has 2 unspecified atom stereocenters. The molecule has 0 aliphatic rings. The lowest BCUT2D eigenvalue weighted by molar-refractivity contribution is 0.0923. The van der Waals surface area contributed by atoms with E-state index in [9.17, 15) is 9.90 Å². The average molecular weight is 267 g/mol. The van der Waals surface area contributed by atoms with E-state index < -0.39 is 6.10 Å². The smallest absolute Gasteiger partial charge is 0.251 e. The Hall–Kier alpha value is -1.00. The van der Waals surface area contributed by atoms with Crippen molar-refractivity contribution in [1.29, 1.82) is 0 Å². The van der Waals surface area contributed by atoms with Crippen molar-refractivity contribution in [3.63, 3.8) is 0 Å². The highest BCUT2D eigenvalue weighted by molar-refractivity contribution is 7.97. The van der Waals surface area contributed by atoms with Gasteiger partial charge in [0.15, 0.2) is 0 Å². The predicted molar refractivity (Wildman–Crippen MR) is 76.9 cm³/mol. The quantitative estimate of drug-likeness (QED) is 0.832. The number of thioether (sulfide) groups is 1. The standard InChI is InChI=1S/C14H21NO2S/c1-10(8-11(2)16)15-14(17)13-6-4-12(5-7-13)9-18-3/h4-7,10-11,16H,8-9H2,1-3H3,(H,15,17). The molecule has 0 radical (unpaired) electrons. The first-order valence-electron chi connectivity index (χ1n) is 6.09. The minimum absolute atomic E-state index is 0.0247. The molecule has 100 valence electrons. The molecule has 0 saturated carbocycles. The lowest BCUT2D eigenvalue weighted by Crippen LogP contribution is -2.34. The first kappa shape index (κ1) is 15.1. The van der Waals surface area contributed by atoms with Gasteiger partial charge in [0.25, 0.3) is 5.91 Å². The van der Waals surface area contributed by atoms with Gasteiger partial charge in [-0.1, -0.05) is 12.1 Å². The van der Waals surface area contributed by atoms with Gasteiger partial charge in [-0.15, -0.1) is 0 Å². The number of aliphatic hydroxyl groups excluding tert-OH is 1. The first-order chi connectivity index (χ1) is 8.52. The Balaban J connectivity index is 2.56. The number of carbonyl (C=O) groups is 1. The van der Waals surface area contributed by atoms with Crippen LogP contribution in [0.3, 0.4) is 0 Å². The molecule has 4 heteroatoms. The maximum absolute atomic E-state index is 11.9. The molecule has 0 aliphatic heterocycles. The van der Waals surface area contributed by atoms with Gasteiger partial charge < -0.3 is 10.4 Å². The maximum Gasteiger partial charge on any atom is 0.251 e. The van der Waals surface area contributed by atoms with Gasteiger partial charge in [-0.25, -0.2) is 0 Å². The molecule has 3 nitrogen and oxygen atoms in total. The van der Waals surface area contributed by atoms with Crippen molar-refractivity contribution in [2.75, 3.05) is 6.26 Å². The van der Waals surface area contributed by atoms with E-state index in [1.54, 1.807) is 18.7 Å². The summed E-state index contributed by atoms with van der Waals surface area (Å²) in [5.74, 6) is 0.874. The number of rotatable bonds is 6. The van der Waals surface area contributed by atoms with Crippen molar-refractivity contribution >= 4 is 17.7 Å². The molecule has 1 aromatic carbocycles. The summed E-state index contributed by atoms with van der Waals surface area (Å²) in [6.07, 6.45) is 2.22. The molecule has 0 bridgehead atoms. The summed E-state index contributed by atoms with van der Waals surface area (Å²) >= 11 is 1.76.